The summed E-state index contributed by atoms with van der Waals surface area (Å²) in [6, 6.07) is 13.3. The smallest absolute Gasteiger partial charge is 0.233 e. The van der Waals surface area contributed by atoms with Gasteiger partial charge in [-0.25, -0.2) is 0 Å². The molecule has 0 radical (unpaired) electrons. The summed E-state index contributed by atoms with van der Waals surface area (Å²) < 4.78 is 5.72. The number of rotatable bonds is 4. The topological polar surface area (TPSA) is 43.4 Å². The first-order chi connectivity index (χ1) is 9.13. The second kappa shape index (κ2) is 5.80. The molecule has 3 nitrogen and oxygen atoms in total. The Morgan fingerprint density at radius 3 is 2.16 bits per heavy atom. The molecular weight excluding hydrogens is 308 g/mol. The van der Waals surface area contributed by atoms with Crippen LogP contribution in [0.1, 0.15) is 20.7 Å². The van der Waals surface area contributed by atoms with Crippen LogP contribution in [-0.2, 0) is 0 Å². The molecule has 0 saturated heterocycles. The highest BCUT2D eigenvalue weighted by Crippen LogP contribution is 2.26. The van der Waals surface area contributed by atoms with Gasteiger partial charge >= 0.3 is 0 Å². The summed E-state index contributed by atoms with van der Waals surface area (Å²) in [6.07, 6.45) is 0. The lowest BCUT2D eigenvalue weighted by Gasteiger charge is -2.05. The van der Waals surface area contributed by atoms with Crippen LogP contribution in [0.15, 0.2) is 53.0 Å². The van der Waals surface area contributed by atoms with Crippen molar-refractivity contribution in [3.63, 3.8) is 0 Å². The first-order valence-electron chi connectivity index (χ1n) is 5.61. The molecule has 2 rings (SSSR count). The summed E-state index contributed by atoms with van der Waals surface area (Å²) in [5, 5.41) is 0. The highest BCUT2D eigenvalue weighted by Gasteiger charge is 2.18. The van der Waals surface area contributed by atoms with Gasteiger partial charge in [-0.1, -0.05) is 30.3 Å². The van der Waals surface area contributed by atoms with Crippen molar-refractivity contribution in [2.45, 2.75) is 0 Å². The zero-order valence-corrected chi connectivity index (χ0v) is 11.8. The Bertz CT molecular complexity index is 621. The van der Waals surface area contributed by atoms with Gasteiger partial charge in [-0.05, 0) is 34.1 Å². The third-order valence-electron chi connectivity index (χ3n) is 2.66. The summed E-state index contributed by atoms with van der Waals surface area (Å²) >= 11 is 3.29. The maximum Gasteiger partial charge on any atom is 0.233 e. The van der Waals surface area contributed by atoms with E-state index >= 15 is 0 Å². The molecule has 0 saturated carbocycles. The predicted octanol–water partition coefficient (Wildman–Crippen LogP) is 3.52. The van der Waals surface area contributed by atoms with Gasteiger partial charge in [0.1, 0.15) is 5.75 Å². The standard InChI is InChI=1S/C15H11BrO3/c1-19-13-8-7-11(9-12(13)16)15(18)14(17)10-5-3-2-4-6-10/h2-9H,1H3. The molecule has 0 spiro atoms. The van der Waals surface area contributed by atoms with Crippen LogP contribution in [0.25, 0.3) is 0 Å². The van der Waals surface area contributed by atoms with Gasteiger partial charge in [-0.3, -0.25) is 9.59 Å². The first-order valence-corrected chi connectivity index (χ1v) is 6.40. The average Bonchev–Trinajstić information content (AvgIpc) is 2.46. The molecule has 0 atom stereocenters. The third kappa shape index (κ3) is 2.90. The molecule has 2 aromatic carbocycles. The molecule has 96 valence electrons. The van der Waals surface area contributed by atoms with E-state index in [9.17, 15) is 9.59 Å². The molecule has 0 bridgehead atoms. The van der Waals surface area contributed by atoms with E-state index in [2.05, 4.69) is 15.9 Å². The van der Waals surface area contributed by atoms with Crippen LogP contribution in [0.5, 0.6) is 5.75 Å². The third-order valence-corrected chi connectivity index (χ3v) is 3.28. The predicted molar refractivity (Wildman–Crippen MR) is 75.8 cm³/mol. The number of benzene rings is 2. The van der Waals surface area contributed by atoms with Gasteiger partial charge in [0.15, 0.2) is 0 Å². The lowest BCUT2D eigenvalue weighted by Crippen LogP contribution is -2.14. The van der Waals surface area contributed by atoms with Gasteiger partial charge in [0.2, 0.25) is 11.6 Å². The summed E-state index contributed by atoms with van der Waals surface area (Å²) in [6.45, 7) is 0. The van der Waals surface area contributed by atoms with Gasteiger partial charge in [-0.15, -0.1) is 0 Å². The molecule has 4 heteroatoms. The number of hydrogen-bond acceptors (Lipinski definition) is 3. The molecule has 0 unspecified atom stereocenters. The molecule has 0 aliphatic carbocycles. The minimum atomic E-state index is -0.533. The van der Waals surface area contributed by atoms with E-state index < -0.39 is 11.6 Å². The number of ether oxygens (including phenoxy) is 1. The largest absolute Gasteiger partial charge is 0.496 e. The highest BCUT2D eigenvalue weighted by atomic mass is 79.9. The summed E-state index contributed by atoms with van der Waals surface area (Å²) in [5.74, 6) is -0.434. The van der Waals surface area contributed by atoms with Crippen molar-refractivity contribution < 1.29 is 14.3 Å². The fourth-order valence-corrected chi connectivity index (χ4v) is 2.20. The number of Topliss-reactive ketones (excluding diaryl/α,β-unsaturated/α-hetero) is 2. The molecule has 0 heterocycles. The van der Waals surface area contributed by atoms with Crippen LogP contribution in [0.4, 0.5) is 0 Å². The molecule has 0 amide bonds. The number of methoxy groups -OCH3 is 1. The molecule has 2 aromatic rings. The summed E-state index contributed by atoms with van der Waals surface area (Å²) in [4.78, 5) is 24.1. The fourth-order valence-electron chi connectivity index (χ4n) is 1.66. The number of carbonyl (C=O) groups excluding carboxylic acids is 2. The Morgan fingerprint density at radius 2 is 1.58 bits per heavy atom. The van der Waals surface area contributed by atoms with E-state index in [-0.39, 0.29) is 0 Å². The van der Waals surface area contributed by atoms with Gasteiger partial charge in [0.05, 0.1) is 11.6 Å². The SMILES string of the molecule is COc1ccc(C(=O)C(=O)c2ccccc2)cc1Br. The van der Waals surface area contributed by atoms with Crippen molar-refractivity contribution in [3.8, 4) is 5.75 Å². The lowest BCUT2D eigenvalue weighted by molar-refractivity contribution is 0.0817. The van der Waals surface area contributed by atoms with Crippen molar-refractivity contribution >= 4 is 27.5 Å². The van der Waals surface area contributed by atoms with Crippen molar-refractivity contribution in [2.75, 3.05) is 7.11 Å². The second-order valence-electron chi connectivity index (χ2n) is 3.87. The molecule has 0 fully saturated rings. The molecule has 0 aliphatic rings. The fraction of sp³-hybridized carbons (Fsp3) is 0.0667. The Kier molecular flexibility index (Phi) is 4.12. The van der Waals surface area contributed by atoms with E-state index in [0.29, 0.717) is 21.3 Å². The summed E-state index contributed by atoms with van der Waals surface area (Å²) in [5.41, 5.74) is 0.723. The lowest BCUT2D eigenvalue weighted by atomic mass is 10.0. The van der Waals surface area contributed by atoms with Gasteiger partial charge in [0.25, 0.3) is 0 Å². The first kappa shape index (κ1) is 13.5. The molecular formula is C15H11BrO3. The highest BCUT2D eigenvalue weighted by molar-refractivity contribution is 9.10. The summed E-state index contributed by atoms with van der Waals surface area (Å²) in [7, 11) is 1.54. The Hall–Kier alpha value is -1.94. The number of carbonyl (C=O) groups is 2. The van der Waals surface area contributed by atoms with E-state index in [1.807, 2.05) is 0 Å². The van der Waals surface area contributed by atoms with E-state index in [0.717, 1.165) is 0 Å². The van der Waals surface area contributed by atoms with Crippen LogP contribution in [0.3, 0.4) is 0 Å². The van der Waals surface area contributed by atoms with Gasteiger partial charge < -0.3 is 4.74 Å². The van der Waals surface area contributed by atoms with Crippen molar-refractivity contribution in [1.29, 1.82) is 0 Å². The van der Waals surface area contributed by atoms with Gasteiger partial charge in [0, 0.05) is 11.1 Å². The maximum atomic E-state index is 12.1. The number of ketones is 2. The van der Waals surface area contributed by atoms with E-state index in [1.165, 1.54) is 7.11 Å². The molecule has 0 aliphatic heterocycles. The van der Waals surface area contributed by atoms with Crippen LogP contribution < -0.4 is 4.74 Å². The Morgan fingerprint density at radius 1 is 0.947 bits per heavy atom. The average molecular weight is 319 g/mol. The quantitative estimate of drug-likeness (QED) is 0.640. The maximum absolute atomic E-state index is 12.1. The molecule has 19 heavy (non-hydrogen) atoms. The minimum Gasteiger partial charge on any atom is -0.496 e. The van der Waals surface area contributed by atoms with Gasteiger partial charge in [-0.2, -0.15) is 0 Å². The van der Waals surface area contributed by atoms with Crippen molar-refractivity contribution in [2.24, 2.45) is 0 Å². The van der Waals surface area contributed by atoms with Crippen LogP contribution in [0.2, 0.25) is 0 Å². The zero-order valence-electron chi connectivity index (χ0n) is 10.2. The van der Waals surface area contributed by atoms with Crippen molar-refractivity contribution in [1.82, 2.24) is 0 Å². The Balaban J connectivity index is 2.30. The van der Waals surface area contributed by atoms with Crippen LogP contribution in [0, 0.1) is 0 Å². The minimum absolute atomic E-state index is 0.335. The van der Waals surface area contributed by atoms with Crippen LogP contribution >= 0.6 is 15.9 Å². The van der Waals surface area contributed by atoms with E-state index in [1.54, 1.807) is 48.5 Å². The van der Waals surface area contributed by atoms with Crippen LogP contribution in [-0.4, -0.2) is 18.7 Å². The van der Waals surface area contributed by atoms with Crippen molar-refractivity contribution in [3.05, 3.63) is 64.1 Å². The zero-order chi connectivity index (χ0) is 13.8. The second-order valence-corrected chi connectivity index (χ2v) is 4.73. The number of hydrogen-bond donors (Lipinski definition) is 0. The molecule has 0 N–H and O–H groups in total. The van der Waals surface area contributed by atoms with E-state index in [4.69, 9.17) is 4.74 Å². The monoisotopic (exact) mass is 318 g/mol. The normalized spacial score (nSPS) is 10.0. The number of halogens is 1. The molecule has 0 aromatic heterocycles. The Labute approximate surface area is 119 Å².